The minimum atomic E-state index is -0.131. The smallest absolute Gasteiger partial charge is 0.266 e. The second-order valence-electron chi connectivity index (χ2n) is 7.83. The van der Waals surface area contributed by atoms with Crippen LogP contribution in [0.2, 0.25) is 5.02 Å². The van der Waals surface area contributed by atoms with Gasteiger partial charge in [0, 0.05) is 35.5 Å². The second-order valence-corrected chi connectivity index (χ2v) is 11.1. The number of nitrogens with one attached hydrogen (secondary N) is 1. The molecule has 34 heavy (non-hydrogen) atoms. The van der Waals surface area contributed by atoms with E-state index in [1.54, 1.807) is 11.1 Å². The van der Waals surface area contributed by atoms with Crippen molar-refractivity contribution in [3.05, 3.63) is 86.2 Å². The molecule has 0 saturated carbocycles. The van der Waals surface area contributed by atoms with E-state index >= 15 is 0 Å². The predicted molar refractivity (Wildman–Crippen MR) is 145 cm³/mol. The Kier molecular flexibility index (Phi) is 8.15. The van der Waals surface area contributed by atoms with Crippen molar-refractivity contribution in [3.63, 3.8) is 0 Å². The minimum Gasteiger partial charge on any atom is -0.302 e. The molecule has 1 saturated heterocycles. The van der Waals surface area contributed by atoms with Gasteiger partial charge in [0.25, 0.3) is 5.91 Å². The first-order chi connectivity index (χ1) is 16.4. The summed E-state index contributed by atoms with van der Waals surface area (Å²) >= 11 is 14.1. The van der Waals surface area contributed by atoms with Crippen LogP contribution in [0, 0.1) is 6.92 Å². The highest BCUT2D eigenvalue weighted by Crippen LogP contribution is 2.32. The molecule has 9 heteroatoms. The minimum absolute atomic E-state index is 0.109. The summed E-state index contributed by atoms with van der Waals surface area (Å²) in [5.74, 6) is -0.240. The van der Waals surface area contributed by atoms with Crippen LogP contribution in [0.25, 0.3) is 6.08 Å². The van der Waals surface area contributed by atoms with E-state index in [1.807, 2.05) is 61.5 Å². The number of halogens is 1. The van der Waals surface area contributed by atoms with E-state index < -0.39 is 0 Å². The van der Waals surface area contributed by atoms with E-state index in [4.69, 9.17) is 23.8 Å². The average molecular weight is 528 g/mol. The molecular formula is C25H22ClN3O2S3. The van der Waals surface area contributed by atoms with Crippen LogP contribution in [-0.2, 0) is 16.0 Å². The van der Waals surface area contributed by atoms with Gasteiger partial charge in [-0.25, -0.2) is 4.98 Å². The first kappa shape index (κ1) is 24.6. The molecule has 174 valence electrons. The number of rotatable bonds is 8. The summed E-state index contributed by atoms with van der Waals surface area (Å²) in [4.78, 5) is 32.7. The molecule has 1 aliphatic heterocycles. The van der Waals surface area contributed by atoms with Gasteiger partial charge >= 0.3 is 0 Å². The van der Waals surface area contributed by atoms with Crippen LogP contribution in [0.5, 0.6) is 0 Å². The molecule has 0 spiro atoms. The third-order valence-corrected chi connectivity index (χ3v) is 7.67. The van der Waals surface area contributed by atoms with Crippen molar-refractivity contribution in [2.45, 2.75) is 26.2 Å². The SMILES string of the molecule is Cc1ccc(C=C2SC(=S)N(CCCC(=O)Nc3ncc(Cc4ccc(Cl)cc4)s3)C2=O)cc1. The van der Waals surface area contributed by atoms with E-state index in [2.05, 4.69) is 10.3 Å². The zero-order chi connectivity index (χ0) is 24.1. The lowest BCUT2D eigenvalue weighted by Crippen LogP contribution is -2.29. The Morgan fingerprint density at radius 1 is 1.18 bits per heavy atom. The molecule has 0 radical (unpaired) electrons. The van der Waals surface area contributed by atoms with Gasteiger partial charge in [0.15, 0.2) is 5.13 Å². The van der Waals surface area contributed by atoms with Crippen molar-refractivity contribution in [2.24, 2.45) is 0 Å². The number of thiocarbonyl (C=S) groups is 1. The summed E-state index contributed by atoms with van der Waals surface area (Å²) in [6.45, 7) is 2.43. The molecule has 5 nitrogen and oxygen atoms in total. The molecule has 3 aromatic rings. The van der Waals surface area contributed by atoms with Crippen LogP contribution in [0.3, 0.4) is 0 Å². The fraction of sp³-hybridized carbons (Fsp3) is 0.200. The summed E-state index contributed by atoms with van der Waals surface area (Å²) in [5.41, 5.74) is 3.26. The van der Waals surface area contributed by atoms with E-state index in [-0.39, 0.29) is 18.2 Å². The quantitative estimate of drug-likeness (QED) is 0.274. The Labute approximate surface area is 217 Å². The molecule has 0 aliphatic carbocycles. The molecule has 2 heterocycles. The zero-order valence-electron chi connectivity index (χ0n) is 18.4. The molecule has 1 aliphatic rings. The van der Waals surface area contributed by atoms with Gasteiger partial charge < -0.3 is 5.32 Å². The van der Waals surface area contributed by atoms with Crippen LogP contribution < -0.4 is 5.32 Å². The summed E-state index contributed by atoms with van der Waals surface area (Å²) in [7, 11) is 0. The molecule has 0 bridgehead atoms. The Hall–Kier alpha value is -2.52. The molecule has 1 fully saturated rings. The van der Waals surface area contributed by atoms with E-state index in [0.717, 1.165) is 22.4 Å². The van der Waals surface area contributed by atoms with Crippen molar-refractivity contribution in [1.29, 1.82) is 0 Å². The lowest BCUT2D eigenvalue weighted by Gasteiger charge is -2.13. The number of aromatic nitrogens is 1. The third-order valence-electron chi connectivity index (χ3n) is 5.13. The number of carbonyl (C=O) groups is 2. The molecule has 2 aromatic carbocycles. The van der Waals surface area contributed by atoms with Gasteiger partial charge in [0.2, 0.25) is 5.91 Å². The molecule has 1 N–H and O–H groups in total. The maximum Gasteiger partial charge on any atom is 0.266 e. The number of hydrogen-bond acceptors (Lipinski definition) is 6. The third kappa shape index (κ3) is 6.54. The molecule has 4 rings (SSSR count). The average Bonchev–Trinajstić information content (AvgIpc) is 3.35. The number of hydrogen-bond donors (Lipinski definition) is 1. The monoisotopic (exact) mass is 527 g/mol. The van der Waals surface area contributed by atoms with Gasteiger partial charge in [0.05, 0.1) is 4.91 Å². The number of thioether (sulfide) groups is 1. The summed E-state index contributed by atoms with van der Waals surface area (Å²) in [6, 6.07) is 15.6. The molecular weight excluding hydrogens is 506 g/mol. The number of anilines is 1. The highest BCUT2D eigenvalue weighted by molar-refractivity contribution is 8.26. The van der Waals surface area contributed by atoms with Crippen LogP contribution in [0.1, 0.15) is 34.4 Å². The highest BCUT2D eigenvalue weighted by atomic mass is 35.5. The predicted octanol–water partition coefficient (Wildman–Crippen LogP) is 6.32. The number of carbonyl (C=O) groups excluding carboxylic acids is 2. The lowest BCUT2D eigenvalue weighted by molar-refractivity contribution is -0.122. The van der Waals surface area contributed by atoms with Gasteiger partial charge in [-0.3, -0.25) is 14.5 Å². The van der Waals surface area contributed by atoms with Gasteiger partial charge in [-0.2, -0.15) is 0 Å². The lowest BCUT2D eigenvalue weighted by atomic mass is 10.1. The van der Waals surface area contributed by atoms with Gasteiger partial charge in [-0.15, -0.1) is 11.3 Å². The van der Waals surface area contributed by atoms with Crippen molar-refractivity contribution in [3.8, 4) is 0 Å². The largest absolute Gasteiger partial charge is 0.302 e. The van der Waals surface area contributed by atoms with Crippen molar-refractivity contribution < 1.29 is 9.59 Å². The van der Waals surface area contributed by atoms with E-state index in [1.165, 1.54) is 28.7 Å². The number of thiazole rings is 1. The Bertz CT molecular complexity index is 1240. The molecule has 1 aromatic heterocycles. The van der Waals surface area contributed by atoms with Gasteiger partial charge in [-0.05, 0) is 42.7 Å². The maximum atomic E-state index is 12.8. The van der Waals surface area contributed by atoms with E-state index in [9.17, 15) is 9.59 Å². The standard InChI is InChI=1S/C25H22ClN3O2S3/c1-16-4-6-18(7-5-16)14-21-23(31)29(25(32)34-21)12-2-3-22(30)28-24-27-15-20(33-24)13-17-8-10-19(26)11-9-17/h4-11,14-15H,2-3,12-13H2,1H3,(H,27,28,30). The van der Waals surface area contributed by atoms with Crippen LogP contribution in [-0.4, -0.2) is 32.6 Å². The Morgan fingerprint density at radius 2 is 1.91 bits per heavy atom. The second kappa shape index (κ2) is 11.3. The molecule has 0 unspecified atom stereocenters. The number of benzene rings is 2. The van der Waals surface area contributed by atoms with Crippen molar-refractivity contribution >= 4 is 74.3 Å². The highest BCUT2D eigenvalue weighted by Gasteiger charge is 2.31. The summed E-state index contributed by atoms with van der Waals surface area (Å²) < 4.78 is 0.524. The first-order valence-corrected chi connectivity index (χ1v) is 13.1. The Balaban J connectivity index is 1.25. The fourth-order valence-electron chi connectivity index (χ4n) is 3.34. The zero-order valence-corrected chi connectivity index (χ0v) is 21.6. The summed E-state index contributed by atoms with van der Waals surface area (Å²) in [5, 5.41) is 4.12. The van der Waals surface area contributed by atoms with Crippen molar-refractivity contribution in [2.75, 3.05) is 11.9 Å². The molecule has 0 atom stereocenters. The Morgan fingerprint density at radius 3 is 2.65 bits per heavy atom. The maximum absolute atomic E-state index is 12.8. The van der Waals surface area contributed by atoms with Gasteiger partial charge in [0.1, 0.15) is 4.32 Å². The van der Waals surface area contributed by atoms with Crippen LogP contribution in [0.4, 0.5) is 5.13 Å². The van der Waals surface area contributed by atoms with Crippen LogP contribution in [0.15, 0.2) is 59.6 Å². The summed E-state index contributed by atoms with van der Waals surface area (Å²) in [6.07, 6.45) is 5.15. The molecule has 2 amide bonds. The normalized spacial score (nSPS) is 14.8. The fourth-order valence-corrected chi connectivity index (χ4v) is 5.63. The van der Waals surface area contributed by atoms with Crippen LogP contribution >= 0.6 is 46.9 Å². The van der Waals surface area contributed by atoms with Crippen molar-refractivity contribution in [1.82, 2.24) is 9.88 Å². The topological polar surface area (TPSA) is 62.3 Å². The number of amides is 2. The first-order valence-electron chi connectivity index (χ1n) is 10.7. The van der Waals surface area contributed by atoms with E-state index in [0.29, 0.717) is 32.3 Å². The van der Waals surface area contributed by atoms with Gasteiger partial charge in [-0.1, -0.05) is 77.5 Å². The number of nitrogens with zero attached hydrogens (tertiary/aromatic N) is 2. The number of aryl methyl sites for hydroxylation is 1.